The summed E-state index contributed by atoms with van der Waals surface area (Å²) in [6.45, 7) is 6.15. The molecule has 4 heteroatoms. The zero-order valence-corrected chi connectivity index (χ0v) is 14.0. The van der Waals surface area contributed by atoms with E-state index in [1.807, 2.05) is 23.6 Å². The zero-order chi connectivity index (χ0) is 16.6. The maximum Gasteiger partial charge on any atom is 0.126 e. The molecule has 0 aliphatic heterocycles. The minimum atomic E-state index is -0.771. The molecule has 3 aromatic rings. The third-order valence-corrected chi connectivity index (χ3v) is 3.85. The predicted octanol–water partition coefficient (Wildman–Crippen LogP) is 3.79. The molecule has 0 spiro atoms. The first-order valence-electron chi connectivity index (χ1n) is 7.70. The van der Waals surface area contributed by atoms with Crippen molar-refractivity contribution in [1.82, 2.24) is 9.55 Å². The lowest BCUT2D eigenvalue weighted by molar-refractivity contribution is 0.0627. The minimum Gasteiger partial charge on any atom is -0.496 e. The predicted molar refractivity (Wildman–Crippen MR) is 92.8 cm³/mol. The summed E-state index contributed by atoms with van der Waals surface area (Å²) in [5, 5.41) is 10.0. The number of hydrogen-bond donors (Lipinski definition) is 1. The molecule has 0 saturated heterocycles. The number of nitrogens with zero attached hydrogens (tertiary/aromatic N) is 2. The van der Waals surface area contributed by atoms with Gasteiger partial charge in [0.15, 0.2) is 0 Å². The van der Waals surface area contributed by atoms with Gasteiger partial charge in [0, 0.05) is 5.56 Å². The third-order valence-electron chi connectivity index (χ3n) is 3.85. The molecular weight excluding hydrogens is 288 g/mol. The van der Waals surface area contributed by atoms with Gasteiger partial charge in [0.25, 0.3) is 0 Å². The second-order valence-electron chi connectivity index (χ2n) is 6.59. The molecule has 0 unspecified atom stereocenters. The van der Waals surface area contributed by atoms with E-state index in [1.54, 1.807) is 27.3 Å². The molecule has 1 heterocycles. The van der Waals surface area contributed by atoms with Crippen LogP contribution in [0.15, 0.2) is 42.7 Å². The summed E-state index contributed by atoms with van der Waals surface area (Å²) in [6, 6.07) is 12.4. The van der Waals surface area contributed by atoms with E-state index in [2.05, 4.69) is 29.2 Å². The standard InChI is InChI=1S/C19H22N2O2/c1-13-5-7-15(18(9-13)23-4)14-6-8-17-16(10-14)20-12-21(17)11-19(2,3)22/h5-10,12,22H,11H2,1-4H3. The van der Waals surface area contributed by atoms with Crippen LogP contribution in [0.2, 0.25) is 0 Å². The Balaban J connectivity index is 2.05. The van der Waals surface area contributed by atoms with E-state index in [-0.39, 0.29) is 0 Å². The van der Waals surface area contributed by atoms with Gasteiger partial charge in [0.05, 0.1) is 36.6 Å². The number of hydrogen-bond acceptors (Lipinski definition) is 3. The van der Waals surface area contributed by atoms with Crippen LogP contribution >= 0.6 is 0 Å². The van der Waals surface area contributed by atoms with Gasteiger partial charge in [-0.1, -0.05) is 18.2 Å². The smallest absolute Gasteiger partial charge is 0.126 e. The normalized spacial score (nSPS) is 11.9. The van der Waals surface area contributed by atoms with Crippen molar-refractivity contribution in [2.24, 2.45) is 0 Å². The molecule has 1 N–H and O–H groups in total. The molecule has 0 bridgehead atoms. The molecule has 0 atom stereocenters. The van der Waals surface area contributed by atoms with Gasteiger partial charge >= 0.3 is 0 Å². The number of imidazole rings is 1. The Morgan fingerprint density at radius 3 is 2.65 bits per heavy atom. The average molecular weight is 310 g/mol. The summed E-state index contributed by atoms with van der Waals surface area (Å²) < 4.78 is 7.48. The van der Waals surface area contributed by atoms with Crippen molar-refractivity contribution >= 4 is 11.0 Å². The van der Waals surface area contributed by atoms with Gasteiger partial charge in [-0.15, -0.1) is 0 Å². The highest BCUT2D eigenvalue weighted by Crippen LogP contribution is 2.32. The lowest BCUT2D eigenvalue weighted by atomic mass is 10.0. The average Bonchev–Trinajstić information content (AvgIpc) is 2.87. The number of aromatic nitrogens is 2. The summed E-state index contributed by atoms with van der Waals surface area (Å²) in [7, 11) is 1.69. The summed E-state index contributed by atoms with van der Waals surface area (Å²) in [6.07, 6.45) is 1.78. The van der Waals surface area contributed by atoms with Crippen LogP contribution in [0.1, 0.15) is 19.4 Å². The number of aryl methyl sites for hydroxylation is 1. The van der Waals surface area contributed by atoms with Gasteiger partial charge in [0.1, 0.15) is 5.75 Å². The lowest BCUT2D eigenvalue weighted by Gasteiger charge is -2.18. The van der Waals surface area contributed by atoms with Crippen molar-refractivity contribution in [3.05, 3.63) is 48.3 Å². The zero-order valence-electron chi connectivity index (χ0n) is 14.0. The molecule has 3 rings (SSSR count). The van der Waals surface area contributed by atoms with Crippen LogP contribution in [-0.2, 0) is 6.54 Å². The van der Waals surface area contributed by atoms with Gasteiger partial charge in [0.2, 0.25) is 0 Å². The topological polar surface area (TPSA) is 47.3 Å². The number of fused-ring (bicyclic) bond motifs is 1. The van der Waals surface area contributed by atoms with Gasteiger partial charge in [-0.05, 0) is 50.1 Å². The first kappa shape index (κ1) is 15.6. The van der Waals surface area contributed by atoms with Crippen molar-refractivity contribution in [2.45, 2.75) is 32.9 Å². The highest BCUT2D eigenvalue weighted by atomic mass is 16.5. The highest BCUT2D eigenvalue weighted by Gasteiger charge is 2.16. The number of methoxy groups -OCH3 is 1. The van der Waals surface area contributed by atoms with Crippen LogP contribution in [0.25, 0.3) is 22.2 Å². The van der Waals surface area contributed by atoms with Gasteiger partial charge in [-0.3, -0.25) is 0 Å². The molecule has 120 valence electrons. The maximum absolute atomic E-state index is 10.0. The van der Waals surface area contributed by atoms with E-state index >= 15 is 0 Å². The van der Waals surface area contributed by atoms with Gasteiger partial charge < -0.3 is 14.4 Å². The van der Waals surface area contributed by atoms with Crippen LogP contribution in [0.5, 0.6) is 5.75 Å². The fourth-order valence-electron chi connectivity index (χ4n) is 2.81. The second kappa shape index (κ2) is 5.70. The first-order chi connectivity index (χ1) is 10.9. The van der Waals surface area contributed by atoms with Crippen molar-refractivity contribution in [2.75, 3.05) is 7.11 Å². The summed E-state index contributed by atoms with van der Waals surface area (Å²) in [5.74, 6) is 0.861. The van der Waals surface area contributed by atoms with Crippen LogP contribution in [0.4, 0.5) is 0 Å². The Labute approximate surface area is 136 Å². The van der Waals surface area contributed by atoms with Crippen LogP contribution in [-0.4, -0.2) is 27.4 Å². The summed E-state index contributed by atoms with van der Waals surface area (Å²) >= 11 is 0. The highest BCUT2D eigenvalue weighted by molar-refractivity contribution is 5.83. The van der Waals surface area contributed by atoms with Gasteiger partial charge in [-0.25, -0.2) is 4.98 Å². The fourth-order valence-corrected chi connectivity index (χ4v) is 2.81. The van der Waals surface area contributed by atoms with E-state index in [4.69, 9.17) is 4.74 Å². The second-order valence-corrected chi connectivity index (χ2v) is 6.59. The van der Waals surface area contributed by atoms with Crippen LogP contribution < -0.4 is 4.74 Å². The third kappa shape index (κ3) is 3.22. The Kier molecular flexibility index (Phi) is 3.86. The van der Waals surface area contributed by atoms with Crippen LogP contribution in [0, 0.1) is 6.92 Å². The molecule has 0 radical (unpaired) electrons. The van der Waals surface area contributed by atoms with E-state index in [1.165, 1.54) is 5.56 Å². The molecule has 4 nitrogen and oxygen atoms in total. The Morgan fingerprint density at radius 2 is 1.96 bits per heavy atom. The van der Waals surface area contributed by atoms with Crippen molar-refractivity contribution in [1.29, 1.82) is 0 Å². The first-order valence-corrected chi connectivity index (χ1v) is 7.70. The quantitative estimate of drug-likeness (QED) is 0.797. The maximum atomic E-state index is 10.0. The Morgan fingerprint density at radius 1 is 1.17 bits per heavy atom. The van der Waals surface area contributed by atoms with Crippen molar-refractivity contribution < 1.29 is 9.84 Å². The minimum absolute atomic E-state index is 0.511. The van der Waals surface area contributed by atoms with E-state index in [0.717, 1.165) is 27.9 Å². The van der Waals surface area contributed by atoms with E-state index in [9.17, 15) is 5.11 Å². The Hall–Kier alpha value is -2.33. The molecule has 1 aromatic heterocycles. The van der Waals surface area contributed by atoms with Crippen molar-refractivity contribution in [3.63, 3.8) is 0 Å². The molecular formula is C19H22N2O2. The molecule has 2 aromatic carbocycles. The number of rotatable bonds is 4. The largest absolute Gasteiger partial charge is 0.496 e. The summed E-state index contributed by atoms with van der Waals surface area (Å²) in [5.41, 5.74) is 4.45. The SMILES string of the molecule is COc1cc(C)ccc1-c1ccc2c(c1)ncn2CC(C)(C)O. The van der Waals surface area contributed by atoms with Crippen molar-refractivity contribution in [3.8, 4) is 16.9 Å². The van der Waals surface area contributed by atoms with Crippen LogP contribution in [0.3, 0.4) is 0 Å². The number of ether oxygens (including phenoxy) is 1. The molecule has 0 aliphatic rings. The molecule has 0 fully saturated rings. The van der Waals surface area contributed by atoms with Gasteiger partial charge in [-0.2, -0.15) is 0 Å². The van der Waals surface area contributed by atoms with E-state index < -0.39 is 5.60 Å². The monoisotopic (exact) mass is 310 g/mol. The Bertz CT molecular complexity index is 844. The molecule has 0 amide bonds. The summed E-state index contributed by atoms with van der Waals surface area (Å²) in [4.78, 5) is 4.47. The number of aliphatic hydroxyl groups is 1. The molecule has 23 heavy (non-hydrogen) atoms. The molecule has 0 aliphatic carbocycles. The number of benzene rings is 2. The molecule has 0 saturated carbocycles. The lowest BCUT2D eigenvalue weighted by Crippen LogP contribution is -2.25. The fraction of sp³-hybridized carbons (Fsp3) is 0.316. The van der Waals surface area contributed by atoms with E-state index in [0.29, 0.717) is 6.54 Å².